The largest absolute Gasteiger partial charge is 0.491 e. The highest BCUT2D eigenvalue weighted by molar-refractivity contribution is 6.60. The van der Waals surface area contributed by atoms with Crippen LogP contribution in [0, 0.1) is 12.8 Å². The molecule has 0 unspecified atom stereocenters. The predicted molar refractivity (Wildman–Crippen MR) is 108 cm³/mol. The third-order valence-corrected chi connectivity index (χ3v) is 5.26. The van der Waals surface area contributed by atoms with Crippen LogP contribution in [0.25, 0.3) is 11.0 Å². The molecule has 3 aromatic rings. The van der Waals surface area contributed by atoms with Crippen molar-refractivity contribution in [1.29, 1.82) is 0 Å². The smallest absolute Gasteiger partial charge is 0.423 e. The van der Waals surface area contributed by atoms with Crippen LogP contribution in [-0.2, 0) is 11.2 Å². The van der Waals surface area contributed by atoms with Gasteiger partial charge in [0, 0.05) is 6.54 Å². The first-order valence-electron chi connectivity index (χ1n) is 9.14. The first-order valence-corrected chi connectivity index (χ1v) is 9.14. The lowest BCUT2D eigenvalue weighted by atomic mass is 9.77. The van der Waals surface area contributed by atoms with Gasteiger partial charge in [-0.1, -0.05) is 50.2 Å². The molecule has 4 nitrogen and oxygen atoms in total. The van der Waals surface area contributed by atoms with Crippen LogP contribution in [0.3, 0.4) is 0 Å². The van der Waals surface area contributed by atoms with Gasteiger partial charge < -0.3 is 14.2 Å². The standard InChI is InChI=1S/C21H27BN2O2/c1-15(2)21(4,5)26-22(25)18-12-10-17(11-13-18)14-24-16(3)23-19-8-6-7-9-20(19)24/h6-13,15,25H,14H2,1-5H3. The minimum Gasteiger partial charge on any atom is -0.423 e. The van der Waals surface area contributed by atoms with Gasteiger partial charge in [0.25, 0.3) is 0 Å². The average Bonchev–Trinajstić information content (AvgIpc) is 2.91. The van der Waals surface area contributed by atoms with Crippen molar-refractivity contribution < 1.29 is 9.68 Å². The van der Waals surface area contributed by atoms with Crippen LogP contribution in [0.5, 0.6) is 0 Å². The van der Waals surface area contributed by atoms with Crippen LogP contribution in [0.15, 0.2) is 48.5 Å². The number of aryl methyl sites for hydroxylation is 1. The summed E-state index contributed by atoms with van der Waals surface area (Å²) in [6, 6.07) is 16.1. The van der Waals surface area contributed by atoms with Crippen LogP contribution >= 0.6 is 0 Å². The first kappa shape index (κ1) is 18.7. The molecule has 5 heteroatoms. The van der Waals surface area contributed by atoms with Crippen molar-refractivity contribution in [3.63, 3.8) is 0 Å². The van der Waals surface area contributed by atoms with E-state index in [4.69, 9.17) is 4.65 Å². The molecule has 0 saturated carbocycles. The van der Waals surface area contributed by atoms with E-state index in [1.54, 1.807) is 0 Å². The van der Waals surface area contributed by atoms with Gasteiger partial charge in [0.1, 0.15) is 5.82 Å². The molecule has 0 aliphatic rings. The van der Waals surface area contributed by atoms with Crippen molar-refractivity contribution in [2.45, 2.75) is 46.8 Å². The number of rotatable bonds is 6. The van der Waals surface area contributed by atoms with Crippen molar-refractivity contribution >= 4 is 23.6 Å². The number of para-hydroxylation sites is 2. The minimum atomic E-state index is -0.919. The molecule has 0 bridgehead atoms. The molecule has 136 valence electrons. The van der Waals surface area contributed by atoms with Gasteiger partial charge in [-0.25, -0.2) is 4.98 Å². The van der Waals surface area contributed by atoms with Crippen molar-refractivity contribution in [2.24, 2.45) is 5.92 Å². The summed E-state index contributed by atoms with van der Waals surface area (Å²) in [7, 11) is -0.919. The SMILES string of the molecule is Cc1nc2ccccc2n1Cc1ccc(B(O)OC(C)(C)C(C)C)cc1. The molecule has 1 heterocycles. The number of hydrogen-bond donors (Lipinski definition) is 1. The minimum absolute atomic E-state index is 0.314. The molecule has 1 aromatic heterocycles. The summed E-state index contributed by atoms with van der Waals surface area (Å²) in [5.74, 6) is 1.31. The van der Waals surface area contributed by atoms with E-state index in [1.165, 1.54) is 0 Å². The molecule has 0 amide bonds. The van der Waals surface area contributed by atoms with Gasteiger partial charge in [-0.05, 0) is 49.8 Å². The Kier molecular flexibility index (Phi) is 5.21. The monoisotopic (exact) mass is 350 g/mol. The van der Waals surface area contributed by atoms with Crippen molar-refractivity contribution in [2.75, 3.05) is 0 Å². The maximum atomic E-state index is 10.4. The average molecular weight is 350 g/mol. The zero-order chi connectivity index (χ0) is 18.9. The highest BCUT2D eigenvalue weighted by Gasteiger charge is 2.30. The highest BCUT2D eigenvalue weighted by Crippen LogP contribution is 2.21. The van der Waals surface area contributed by atoms with E-state index in [1.807, 2.05) is 63.2 Å². The van der Waals surface area contributed by atoms with E-state index in [2.05, 4.69) is 29.5 Å². The van der Waals surface area contributed by atoms with Crippen molar-refractivity contribution in [3.8, 4) is 0 Å². The molecule has 0 radical (unpaired) electrons. The Labute approximate surface area is 156 Å². The summed E-state index contributed by atoms with van der Waals surface area (Å²) in [6.45, 7) is 11.0. The predicted octanol–water partition coefficient (Wildman–Crippen LogP) is 3.53. The van der Waals surface area contributed by atoms with Crippen molar-refractivity contribution in [1.82, 2.24) is 9.55 Å². The topological polar surface area (TPSA) is 47.3 Å². The zero-order valence-corrected chi connectivity index (χ0v) is 16.2. The Morgan fingerprint density at radius 3 is 2.42 bits per heavy atom. The maximum Gasteiger partial charge on any atom is 0.491 e. The Balaban J connectivity index is 1.76. The molecular formula is C21H27BN2O2. The number of fused-ring (bicyclic) bond motifs is 1. The Hall–Kier alpha value is -2.11. The quantitative estimate of drug-likeness (QED) is 0.692. The molecule has 0 aliphatic carbocycles. The number of benzene rings is 2. The fourth-order valence-corrected chi connectivity index (χ4v) is 2.86. The number of aromatic nitrogens is 2. The number of imidazole rings is 1. The number of nitrogens with zero attached hydrogens (tertiary/aromatic N) is 2. The normalized spacial score (nSPS) is 12.1. The molecule has 0 fully saturated rings. The summed E-state index contributed by atoms with van der Waals surface area (Å²) >= 11 is 0. The summed E-state index contributed by atoms with van der Waals surface area (Å²) in [5, 5.41) is 10.4. The van der Waals surface area contributed by atoms with E-state index >= 15 is 0 Å². The lowest BCUT2D eigenvalue weighted by molar-refractivity contribution is 0.0423. The molecule has 0 atom stereocenters. The van der Waals surface area contributed by atoms with E-state index in [0.29, 0.717) is 5.92 Å². The summed E-state index contributed by atoms with van der Waals surface area (Å²) in [6.07, 6.45) is 0. The van der Waals surface area contributed by atoms with E-state index in [9.17, 15) is 5.02 Å². The number of hydrogen-bond acceptors (Lipinski definition) is 3. The van der Waals surface area contributed by atoms with Gasteiger partial charge in [0.2, 0.25) is 0 Å². The Morgan fingerprint density at radius 2 is 1.77 bits per heavy atom. The molecule has 0 aliphatic heterocycles. The fraction of sp³-hybridized carbons (Fsp3) is 0.381. The van der Waals surface area contributed by atoms with Gasteiger partial charge in [0.15, 0.2) is 0 Å². The van der Waals surface area contributed by atoms with E-state index in [0.717, 1.165) is 34.4 Å². The summed E-state index contributed by atoms with van der Waals surface area (Å²) in [5.41, 5.74) is 3.70. The Morgan fingerprint density at radius 1 is 1.12 bits per heavy atom. The molecule has 26 heavy (non-hydrogen) atoms. The van der Waals surface area contributed by atoms with Gasteiger partial charge in [-0.2, -0.15) is 0 Å². The van der Waals surface area contributed by atoms with Crippen LogP contribution in [0.2, 0.25) is 0 Å². The summed E-state index contributed by atoms with van der Waals surface area (Å²) < 4.78 is 8.06. The molecule has 3 rings (SSSR count). The second-order valence-corrected chi connectivity index (χ2v) is 7.70. The second-order valence-electron chi connectivity index (χ2n) is 7.70. The van der Waals surface area contributed by atoms with Crippen LogP contribution in [0.1, 0.15) is 39.1 Å². The van der Waals surface area contributed by atoms with Gasteiger partial charge in [-0.3, -0.25) is 0 Å². The van der Waals surface area contributed by atoms with Gasteiger partial charge >= 0.3 is 7.12 Å². The highest BCUT2D eigenvalue weighted by atomic mass is 16.5. The molecule has 0 saturated heterocycles. The van der Waals surface area contributed by atoms with E-state index < -0.39 is 7.12 Å². The molecule has 1 N–H and O–H groups in total. The lowest BCUT2D eigenvalue weighted by Gasteiger charge is -2.31. The second kappa shape index (κ2) is 7.26. The van der Waals surface area contributed by atoms with Gasteiger partial charge in [0.05, 0.1) is 16.6 Å². The van der Waals surface area contributed by atoms with Crippen molar-refractivity contribution in [3.05, 3.63) is 59.9 Å². The third-order valence-electron chi connectivity index (χ3n) is 5.26. The lowest BCUT2D eigenvalue weighted by Crippen LogP contribution is -2.44. The molecule has 0 spiro atoms. The molecular weight excluding hydrogens is 323 g/mol. The van der Waals surface area contributed by atoms with Crippen LogP contribution < -0.4 is 5.46 Å². The summed E-state index contributed by atoms with van der Waals surface area (Å²) in [4.78, 5) is 4.61. The van der Waals surface area contributed by atoms with E-state index in [-0.39, 0.29) is 5.60 Å². The first-order chi connectivity index (χ1) is 12.3. The fourth-order valence-electron chi connectivity index (χ4n) is 2.86. The van der Waals surface area contributed by atoms with Gasteiger partial charge in [-0.15, -0.1) is 0 Å². The third kappa shape index (κ3) is 3.84. The maximum absolute atomic E-state index is 10.4. The molecule has 2 aromatic carbocycles. The van der Waals surface area contributed by atoms with Crippen LogP contribution in [0.4, 0.5) is 0 Å². The van der Waals surface area contributed by atoms with Crippen LogP contribution in [-0.4, -0.2) is 27.3 Å². The Bertz CT molecular complexity index is 885. The zero-order valence-electron chi connectivity index (χ0n) is 16.2.